The average molecular weight is 288 g/mol. The third-order valence-corrected chi connectivity index (χ3v) is 2.54. The van der Waals surface area contributed by atoms with Gasteiger partial charge in [-0.2, -0.15) is 0 Å². The summed E-state index contributed by atoms with van der Waals surface area (Å²) in [6.07, 6.45) is 0. The molecule has 6 nitrogen and oxygen atoms in total. The smallest absolute Gasteiger partial charge is 0.339 e. The second kappa shape index (κ2) is 6.96. The van der Waals surface area contributed by atoms with Crippen LogP contribution in [0.2, 0.25) is 5.02 Å². The van der Waals surface area contributed by atoms with Crippen LogP contribution in [0.3, 0.4) is 0 Å². The number of benzene rings is 1. The molecule has 0 aliphatic carbocycles. The Labute approximate surface area is 115 Å². The molecule has 1 rings (SSSR count). The Morgan fingerprint density at radius 2 is 2.11 bits per heavy atom. The van der Waals surface area contributed by atoms with Crippen molar-refractivity contribution in [3.8, 4) is 5.75 Å². The highest BCUT2D eigenvalue weighted by Crippen LogP contribution is 2.30. The van der Waals surface area contributed by atoms with Crippen LogP contribution in [0.4, 0.5) is 5.69 Å². The van der Waals surface area contributed by atoms with E-state index < -0.39 is 5.97 Å². The van der Waals surface area contributed by atoms with Gasteiger partial charge in [-0.25, -0.2) is 4.79 Å². The van der Waals surface area contributed by atoms with Gasteiger partial charge in [-0.15, -0.1) is 0 Å². The fourth-order valence-corrected chi connectivity index (χ4v) is 1.58. The molecule has 0 atom stereocenters. The number of hydrogen-bond acceptors (Lipinski definition) is 4. The van der Waals surface area contributed by atoms with Crippen LogP contribution in [0.25, 0.3) is 0 Å². The zero-order valence-electron chi connectivity index (χ0n) is 10.5. The van der Waals surface area contributed by atoms with Crippen molar-refractivity contribution in [2.75, 3.05) is 25.6 Å². The second-order valence-corrected chi connectivity index (χ2v) is 3.93. The van der Waals surface area contributed by atoms with Gasteiger partial charge in [-0.05, 0) is 13.0 Å². The third kappa shape index (κ3) is 4.11. The van der Waals surface area contributed by atoms with E-state index in [4.69, 9.17) is 26.2 Å². The Bertz CT molecular complexity index is 489. The summed E-state index contributed by atoms with van der Waals surface area (Å²) in [5.74, 6) is -1.43. The van der Waals surface area contributed by atoms with Gasteiger partial charge in [-0.3, -0.25) is 4.79 Å². The summed E-state index contributed by atoms with van der Waals surface area (Å²) >= 11 is 5.91. The van der Waals surface area contributed by atoms with Crippen LogP contribution in [0.5, 0.6) is 5.75 Å². The molecule has 0 unspecified atom stereocenters. The fraction of sp³-hybridized carbons (Fsp3) is 0.333. The predicted molar refractivity (Wildman–Crippen MR) is 70.1 cm³/mol. The number of aromatic carboxylic acids is 1. The molecule has 0 radical (unpaired) electrons. The first-order chi connectivity index (χ1) is 8.99. The monoisotopic (exact) mass is 287 g/mol. The summed E-state index contributed by atoms with van der Waals surface area (Å²) in [6, 6.07) is 2.58. The molecule has 0 spiro atoms. The highest BCUT2D eigenvalue weighted by atomic mass is 35.5. The fourth-order valence-electron chi connectivity index (χ4n) is 1.37. The molecule has 1 aromatic carbocycles. The largest absolute Gasteiger partial charge is 0.496 e. The normalized spacial score (nSPS) is 10.1. The van der Waals surface area contributed by atoms with Gasteiger partial charge in [0.25, 0.3) is 0 Å². The number of methoxy groups -OCH3 is 1. The number of rotatable bonds is 6. The molecule has 19 heavy (non-hydrogen) atoms. The van der Waals surface area contributed by atoms with Crippen LogP contribution in [0.15, 0.2) is 12.1 Å². The van der Waals surface area contributed by atoms with Crippen molar-refractivity contribution in [1.29, 1.82) is 0 Å². The summed E-state index contributed by atoms with van der Waals surface area (Å²) in [5, 5.41) is 11.6. The van der Waals surface area contributed by atoms with Crippen LogP contribution in [0.1, 0.15) is 17.3 Å². The predicted octanol–water partition coefficient (Wildman–Crippen LogP) is 2.02. The van der Waals surface area contributed by atoms with E-state index in [1.807, 2.05) is 0 Å². The number of halogens is 1. The Kier molecular flexibility index (Phi) is 5.59. The van der Waals surface area contributed by atoms with E-state index in [-0.39, 0.29) is 34.5 Å². The van der Waals surface area contributed by atoms with Crippen LogP contribution in [-0.4, -0.2) is 37.3 Å². The first-order valence-corrected chi connectivity index (χ1v) is 5.85. The quantitative estimate of drug-likeness (QED) is 0.836. The van der Waals surface area contributed by atoms with Crippen molar-refractivity contribution in [3.63, 3.8) is 0 Å². The van der Waals surface area contributed by atoms with Gasteiger partial charge in [0, 0.05) is 12.7 Å². The van der Waals surface area contributed by atoms with Crippen LogP contribution in [-0.2, 0) is 9.53 Å². The highest BCUT2D eigenvalue weighted by Gasteiger charge is 2.16. The summed E-state index contributed by atoms with van der Waals surface area (Å²) in [7, 11) is 1.33. The van der Waals surface area contributed by atoms with Crippen molar-refractivity contribution in [3.05, 3.63) is 22.7 Å². The van der Waals surface area contributed by atoms with E-state index in [1.165, 1.54) is 19.2 Å². The number of carboxylic acids is 1. The molecule has 0 heterocycles. The standard InChI is InChI=1S/C12H14ClNO5/c1-3-19-6-11(15)14-9-5-10(18-2)7(12(16)17)4-8(9)13/h4-5H,3,6H2,1-2H3,(H,14,15)(H,16,17). The number of carbonyl (C=O) groups is 2. The van der Waals surface area contributed by atoms with E-state index >= 15 is 0 Å². The molecular weight excluding hydrogens is 274 g/mol. The summed E-state index contributed by atoms with van der Waals surface area (Å²) < 4.78 is 9.89. The van der Waals surface area contributed by atoms with E-state index in [1.54, 1.807) is 6.92 Å². The van der Waals surface area contributed by atoms with Crippen LogP contribution < -0.4 is 10.1 Å². The van der Waals surface area contributed by atoms with Gasteiger partial charge in [0.15, 0.2) is 0 Å². The van der Waals surface area contributed by atoms with Gasteiger partial charge in [-0.1, -0.05) is 11.6 Å². The molecule has 7 heteroatoms. The van der Waals surface area contributed by atoms with Crippen molar-refractivity contribution in [1.82, 2.24) is 0 Å². The first-order valence-electron chi connectivity index (χ1n) is 5.48. The van der Waals surface area contributed by atoms with Gasteiger partial charge in [0.1, 0.15) is 17.9 Å². The van der Waals surface area contributed by atoms with Crippen molar-refractivity contribution >= 4 is 29.2 Å². The third-order valence-electron chi connectivity index (χ3n) is 2.23. The minimum absolute atomic E-state index is 0.0738. The second-order valence-electron chi connectivity index (χ2n) is 3.52. The maximum atomic E-state index is 11.5. The Balaban J connectivity index is 2.96. The first kappa shape index (κ1) is 15.3. The molecule has 1 amide bonds. The molecule has 104 valence electrons. The zero-order valence-corrected chi connectivity index (χ0v) is 11.3. The molecule has 0 aromatic heterocycles. The summed E-state index contributed by atoms with van der Waals surface area (Å²) in [4.78, 5) is 22.5. The molecule has 0 aliphatic heterocycles. The lowest BCUT2D eigenvalue weighted by Gasteiger charge is -2.11. The Hall–Kier alpha value is -1.79. The van der Waals surface area contributed by atoms with Gasteiger partial charge in [0.05, 0.1) is 17.8 Å². The molecular formula is C12H14ClNO5. The SMILES string of the molecule is CCOCC(=O)Nc1cc(OC)c(C(=O)O)cc1Cl. The topological polar surface area (TPSA) is 84.9 Å². The number of amides is 1. The number of nitrogens with one attached hydrogen (secondary N) is 1. The van der Waals surface area contributed by atoms with Gasteiger partial charge in [0.2, 0.25) is 5.91 Å². The molecule has 0 saturated heterocycles. The van der Waals surface area contributed by atoms with E-state index in [2.05, 4.69) is 5.32 Å². The van der Waals surface area contributed by atoms with Gasteiger partial charge >= 0.3 is 5.97 Å². The van der Waals surface area contributed by atoms with E-state index in [0.717, 1.165) is 0 Å². The summed E-state index contributed by atoms with van der Waals surface area (Å²) in [5.41, 5.74) is 0.198. The van der Waals surface area contributed by atoms with E-state index in [0.29, 0.717) is 6.61 Å². The van der Waals surface area contributed by atoms with Crippen molar-refractivity contribution < 1.29 is 24.2 Å². The Morgan fingerprint density at radius 3 is 2.63 bits per heavy atom. The highest BCUT2D eigenvalue weighted by molar-refractivity contribution is 6.34. The maximum Gasteiger partial charge on any atom is 0.339 e. The number of carboxylic acid groups (broad SMARTS) is 1. The molecule has 0 saturated carbocycles. The van der Waals surface area contributed by atoms with Crippen molar-refractivity contribution in [2.45, 2.75) is 6.92 Å². The minimum atomic E-state index is -1.16. The minimum Gasteiger partial charge on any atom is -0.496 e. The lowest BCUT2D eigenvalue weighted by molar-refractivity contribution is -0.120. The van der Waals surface area contributed by atoms with Crippen LogP contribution >= 0.6 is 11.6 Å². The molecule has 1 aromatic rings. The molecule has 0 aliphatic rings. The van der Waals surface area contributed by atoms with Crippen LogP contribution in [0, 0.1) is 0 Å². The lowest BCUT2D eigenvalue weighted by atomic mass is 10.2. The average Bonchev–Trinajstić information content (AvgIpc) is 2.38. The molecule has 0 fully saturated rings. The number of ether oxygens (including phenoxy) is 2. The maximum absolute atomic E-state index is 11.5. The lowest BCUT2D eigenvalue weighted by Crippen LogP contribution is -2.18. The number of carbonyl (C=O) groups excluding carboxylic acids is 1. The zero-order chi connectivity index (χ0) is 14.4. The van der Waals surface area contributed by atoms with Crippen molar-refractivity contribution in [2.24, 2.45) is 0 Å². The summed E-state index contributed by atoms with van der Waals surface area (Å²) in [6.45, 7) is 2.09. The van der Waals surface area contributed by atoms with E-state index in [9.17, 15) is 9.59 Å². The number of hydrogen-bond donors (Lipinski definition) is 2. The number of anilines is 1. The molecule has 2 N–H and O–H groups in total. The Morgan fingerprint density at radius 1 is 1.42 bits per heavy atom. The molecule has 0 bridgehead atoms. The van der Waals surface area contributed by atoms with Gasteiger partial charge < -0.3 is 19.9 Å².